The Bertz CT molecular complexity index is 922. The molecule has 0 saturated heterocycles. The molecule has 0 fully saturated rings. The van der Waals surface area contributed by atoms with Crippen LogP contribution in [0.5, 0.6) is 5.75 Å². The Morgan fingerprint density at radius 2 is 1.87 bits per heavy atom. The van der Waals surface area contributed by atoms with Gasteiger partial charge in [-0.2, -0.15) is 10.5 Å². The molecule has 23 heavy (non-hydrogen) atoms. The number of nitriles is 2. The van der Waals surface area contributed by atoms with E-state index in [0.29, 0.717) is 5.75 Å². The van der Waals surface area contributed by atoms with Crippen molar-refractivity contribution in [2.24, 2.45) is 0 Å². The van der Waals surface area contributed by atoms with Crippen molar-refractivity contribution in [2.45, 2.75) is 0 Å². The number of hydrogen-bond donors (Lipinski definition) is 0. The standard InChI is InChI=1S/C18H9BrN2OS/c19-18-8-7-14(23-18)6-5-12-9-17(13(10-20)11-21)22-16-4-2-1-3-15(12)16/h1-9H/b6-5+. The van der Waals surface area contributed by atoms with Crippen molar-refractivity contribution in [2.75, 3.05) is 0 Å². The summed E-state index contributed by atoms with van der Waals surface area (Å²) in [6.45, 7) is 0. The molecular weight excluding hydrogens is 372 g/mol. The molecule has 0 N–H and O–H groups in total. The first kappa shape index (κ1) is 15.3. The molecule has 0 unspecified atom stereocenters. The van der Waals surface area contributed by atoms with E-state index in [2.05, 4.69) is 15.9 Å². The van der Waals surface area contributed by atoms with Crippen LogP contribution < -0.4 is 4.74 Å². The maximum absolute atomic E-state index is 9.06. The molecule has 0 spiro atoms. The summed E-state index contributed by atoms with van der Waals surface area (Å²) in [5.74, 6) is 0.917. The van der Waals surface area contributed by atoms with Gasteiger partial charge in [-0.15, -0.1) is 11.3 Å². The third-order valence-electron chi connectivity index (χ3n) is 3.20. The van der Waals surface area contributed by atoms with E-state index < -0.39 is 0 Å². The number of ether oxygens (including phenoxy) is 1. The highest BCUT2D eigenvalue weighted by atomic mass is 79.9. The molecule has 0 atom stereocenters. The topological polar surface area (TPSA) is 56.8 Å². The van der Waals surface area contributed by atoms with Crippen molar-refractivity contribution in [3.05, 3.63) is 74.1 Å². The Morgan fingerprint density at radius 1 is 1.09 bits per heavy atom. The number of allylic oxidation sites excluding steroid dienone is 4. The van der Waals surface area contributed by atoms with E-state index in [1.54, 1.807) is 17.4 Å². The zero-order valence-corrected chi connectivity index (χ0v) is 14.2. The summed E-state index contributed by atoms with van der Waals surface area (Å²) in [5, 5.41) is 18.1. The molecule has 3 rings (SSSR count). The van der Waals surface area contributed by atoms with Crippen LogP contribution in [0.4, 0.5) is 0 Å². The minimum absolute atomic E-state index is 0.0377. The molecule has 1 aliphatic heterocycles. The van der Waals surface area contributed by atoms with Crippen molar-refractivity contribution in [1.82, 2.24) is 0 Å². The Labute approximate surface area is 146 Å². The van der Waals surface area contributed by atoms with Gasteiger partial charge in [0.2, 0.25) is 0 Å². The summed E-state index contributed by atoms with van der Waals surface area (Å²) in [5.41, 5.74) is 1.79. The Kier molecular flexibility index (Phi) is 4.43. The molecule has 2 heterocycles. The van der Waals surface area contributed by atoms with Gasteiger partial charge in [-0.3, -0.25) is 0 Å². The van der Waals surface area contributed by atoms with Crippen LogP contribution in [0.25, 0.3) is 11.6 Å². The SMILES string of the molecule is N#CC(C#N)=C1C=C(/C=C/c2ccc(Br)s2)c2ccccc2O1. The van der Waals surface area contributed by atoms with Crippen molar-refractivity contribution >= 4 is 38.9 Å². The molecule has 1 aromatic carbocycles. The molecule has 0 aliphatic carbocycles. The van der Waals surface area contributed by atoms with Crippen molar-refractivity contribution < 1.29 is 4.74 Å². The highest BCUT2D eigenvalue weighted by Crippen LogP contribution is 2.35. The molecule has 5 heteroatoms. The zero-order chi connectivity index (χ0) is 16.2. The zero-order valence-electron chi connectivity index (χ0n) is 11.8. The Hall–Kier alpha value is -2.60. The number of para-hydroxylation sites is 1. The average molecular weight is 381 g/mol. The smallest absolute Gasteiger partial charge is 0.172 e. The maximum Gasteiger partial charge on any atom is 0.172 e. The van der Waals surface area contributed by atoms with Crippen molar-refractivity contribution in [3.8, 4) is 17.9 Å². The first-order chi connectivity index (χ1) is 11.2. The predicted molar refractivity (Wildman–Crippen MR) is 94.4 cm³/mol. The summed E-state index contributed by atoms with van der Waals surface area (Å²) in [6, 6.07) is 15.3. The fourth-order valence-corrected chi connectivity index (χ4v) is 3.47. The summed E-state index contributed by atoms with van der Waals surface area (Å²) in [6.07, 6.45) is 5.69. The molecule has 0 radical (unpaired) electrons. The minimum Gasteiger partial charge on any atom is -0.455 e. The molecule has 0 bridgehead atoms. The van der Waals surface area contributed by atoms with Gasteiger partial charge >= 0.3 is 0 Å². The van der Waals surface area contributed by atoms with E-state index in [1.807, 2.05) is 60.7 Å². The second kappa shape index (κ2) is 6.66. The highest BCUT2D eigenvalue weighted by molar-refractivity contribution is 9.11. The number of fused-ring (bicyclic) bond motifs is 1. The van der Waals surface area contributed by atoms with E-state index in [4.69, 9.17) is 15.3 Å². The van der Waals surface area contributed by atoms with Gasteiger partial charge in [-0.05, 0) is 51.9 Å². The third kappa shape index (κ3) is 3.27. The number of benzene rings is 1. The maximum atomic E-state index is 9.06. The predicted octanol–water partition coefficient (Wildman–Crippen LogP) is 5.30. The van der Waals surface area contributed by atoms with Crippen LogP contribution in [-0.4, -0.2) is 0 Å². The van der Waals surface area contributed by atoms with Gasteiger partial charge in [0, 0.05) is 10.4 Å². The van der Waals surface area contributed by atoms with Crippen molar-refractivity contribution in [3.63, 3.8) is 0 Å². The molecule has 1 aromatic heterocycles. The molecule has 0 amide bonds. The lowest BCUT2D eigenvalue weighted by Gasteiger charge is -2.18. The van der Waals surface area contributed by atoms with Crippen LogP contribution in [0.15, 0.2) is 63.7 Å². The van der Waals surface area contributed by atoms with E-state index in [9.17, 15) is 0 Å². The normalized spacial score (nSPS) is 12.8. The summed E-state index contributed by atoms with van der Waals surface area (Å²) in [7, 11) is 0. The van der Waals surface area contributed by atoms with Crippen LogP contribution in [-0.2, 0) is 0 Å². The summed E-state index contributed by atoms with van der Waals surface area (Å²) < 4.78 is 6.75. The van der Waals surface area contributed by atoms with Crippen LogP contribution in [0.3, 0.4) is 0 Å². The minimum atomic E-state index is -0.0377. The van der Waals surface area contributed by atoms with E-state index >= 15 is 0 Å². The fourth-order valence-electron chi connectivity index (χ4n) is 2.15. The Balaban J connectivity index is 2.07. The fraction of sp³-hybridized carbons (Fsp3) is 0. The lowest BCUT2D eigenvalue weighted by atomic mass is 10.00. The summed E-state index contributed by atoms with van der Waals surface area (Å²) >= 11 is 5.07. The van der Waals surface area contributed by atoms with Gasteiger partial charge in [0.15, 0.2) is 11.3 Å². The van der Waals surface area contributed by atoms with Crippen molar-refractivity contribution in [1.29, 1.82) is 10.5 Å². The number of hydrogen-bond acceptors (Lipinski definition) is 4. The highest BCUT2D eigenvalue weighted by Gasteiger charge is 2.17. The lowest BCUT2D eigenvalue weighted by Crippen LogP contribution is -2.04. The van der Waals surface area contributed by atoms with Gasteiger partial charge in [-0.1, -0.05) is 24.3 Å². The van der Waals surface area contributed by atoms with Gasteiger partial charge in [0.1, 0.15) is 17.9 Å². The molecule has 3 nitrogen and oxygen atoms in total. The van der Waals surface area contributed by atoms with E-state index in [1.165, 1.54) is 0 Å². The van der Waals surface area contributed by atoms with Crippen LogP contribution in [0.1, 0.15) is 10.4 Å². The van der Waals surface area contributed by atoms with Crippen LogP contribution in [0, 0.1) is 22.7 Å². The number of nitrogens with zero attached hydrogens (tertiary/aromatic N) is 2. The largest absolute Gasteiger partial charge is 0.455 e. The van der Waals surface area contributed by atoms with Crippen LogP contribution >= 0.6 is 27.3 Å². The second-order valence-electron chi connectivity index (χ2n) is 4.64. The first-order valence-corrected chi connectivity index (χ1v) is 8.29. The number of halogens is 1. The van der Waals surface area contributed by atoms with E-state index in [-0.39, 0.29) is 11.3 Å². The quantitative estimate of drug-likeness (QED) is 0.664. The second-order valence-corrected chi connectivity index (χ2v) is 7.13. The van der Waals surface area contributed by atoms with Gasteiger partial charge in [-0.25, -0.2) is 0 Å². The molecule has 1 aliphatic rings. The molecule has 2 aromatic rings. The van der Waals surface area contributed by atoms with Gasteiger partial charge < -0.3 is 4.74 Å². The third-order valence-corrected chi connectivity index (χ3v) is 4.78. The van der Waals surface area contributed by atoms with Gasteiger partial charge in [0.05, 0.1) is 3.79 Å². The summed E-state index contributed by atoms with van der Waals surface area (Å²) in [4.78, 5) is 1.10. The Morgan fingerprint density at radius 3 is 2.57 bits per heavy atom. The number of rotatable bonds is 2. The average Bonchev–Trinajstić information content (AvgIpc) is 2.99. The molecule has 0 saturated carbocycles. The first-order valence-electron chi connectivity index (χ1n) is 6.68. The van der Waals surface area contributed by atoms with E-state index in [0.717, 1.165) is 19.8 Å². The number of thiophene rings is 1. The molecule has 110 valence electrons. The monoisotopic (exact) mass is 380 g/mol. The molecular formula is C18H9BrN2OS. The van der Waals surface area contributed by atoms with Gasteiger partial charge in [0.25, 0.3) is 0 Å². The van der Waals surface area contributed by atoms with Crippen LogP contribution in [0.2, 0.25) is 0 Å². The lowest BCUT2D eigenvalue weighted by molar-refractivity contribution is 0.436.